The smallest absolute Gasteiger partial charge is 0.145 e. The van der Waals surface area contributed by atoms with Crippen LogP contribution in [0.1, 0.15) is 12.8 Å². The molecule has 0 saturated carbocycles. The van der Waals surface area contributed by atoms with E-state index < -0.39 is 0 Å². The fourth-order valence-corrected chi connectivity index (χ4v) is 2.41. The van der Waals surface area contributed by atoms with E-state index in [1.54, 1.807) is 0 Å². The largest absolute Gasteiger partial charge is 0.382 e. The standard InChI is InChI=1S/C13H16N4/c14-13-9-11(15-16-13)10-5-1-2-6-12(10)17-7-3-4-8-17/h1-2,5-6,9H,3-4,7-8H2,(H3,14,15,16). The Kier molecular flexibility index (Phi) is 2.48. The van der Waals surface area contributed by atoms with Gasteiger partial charge in [0.15, 0.2) is 0 Å². The van der Waals surface area contributed by atoms with Crippen molar-refractivity contribution in [3.63, 3.8) is 0 Å². The van der Waals surface area contributed by atoms with Crippen LogP contribution in [0.3, 0.4) is 0 Å². The van der Waals surface area contributed by atoms with E-state index in [1.807, 2.05) is 12.1 Å². The van der Waals surface area contributed by atoms with Crippen molar-refractivity contribution in [2.24, 2.45) is 0 Å². The monoisotopic (exact) mass is 228 g/mol. The summed E-state index contributed by atoms with van der Waals surface area (Å²) in [6.45, 7) is 2.28. The molecular formula is C13H16N4. The van der Waals surface area contributed by atoms with Gasteiger partial charge in [-0.25, -0.2) is 0 Å². The Balaban J connectivity index is 2.03. The number of hydrogen-bond acceptors (Lipinski definition) is 3. The van der Waals surface area contributed by atoms with Gasteiger partial charge in [0.25, 0.3) is 0 Å². The van der Waals surface area contributed by atoms with Crippen molar-refractivity contribution in [1.29, 1.82) is 0 Å². The third kappa shape index (κ3) is 1.86. The number of aromatic amines is 1. The van der Waals surface area contributed by atoms with E-state index in [4.69, 9.17) is 5.73 Å². The molecule has 4 nitrogen and oxygen atoms in total. The van der Waals surface area contributed by atoms with Crippen LogP contribution < -0.4 is 10.6 Å². The number of para-hydroxylation sites is 1. The van der Waals surface area contributed by atoms with Gasteiger partial charge in [-0.2, -0.15) is 5.10 Å². The minimum Gasteiger partial charge on any atom is -0.382 e. The third-order valence-electron chi connectivity index (χ3n) is 3.24. The molecule has 0 spiro atoms. The van der Waals surface area contributed by atoms with Crippen molar-refractivity contribution in [2.45, 2.75) is 12.8 Å². The molecule has 1 aromatic carbocycles. The van der Waals surface area contributed by atoms with Crippen molar-refractivity contribution in [2.75, 3.05) is 23.7 Å². The number of H-pyrrole nitrogens is 1. The van der Waals surface area contributed by atoms with Crippen molar-refractivity contribution < 1.29 is 0 Å². The minimum absolute atomic E-state index is 0.538. The van der Waals surface area contributed by atoms with Gasteiger partial charge < -0.3 is 10.6 Å². The SMILES string of the molecule is Nc1cc(-c2ccccc2N2CCCC2)[nH]n1. The van der Waals surface area contributed by atoms with Crippen LogP contribution in [-0.4, -0.2) is 23.3 Å². The molecular weight excluding hydrogens is 212 g/mol. The molecule has 1 saturated heterocycles. The quantitative estimate of drug-likeness (QED) is 0.829. The molecule has 0 aliphatic carbocycles. The first-order chi connectivity index (χ1) is 8.34. The topological polar surface area (TPSA) is 57.9 Å². The van der Waals surface area contributed by atoms with E-state index in [9.17, 15) is 0 Å². The molecule has 1 aliphatic heterocycles. The van der Waals surface area contributed by atoms with Crippen molar-refractivity contribution >= 4 is 11.5 Å². The predicted molar refractivity (Wildman–Crippen MR) is 69.9 cm³/mol. The van der Waals surface area contributed by atoms with Crippen LogP contribution in [-0.2, 0) is 0 Å². The number of nitrogens with one attached hydrogen (secondary N) is 1. The second kappa shape index (κ2) is 4.13. The van der Waals surface area contributed by atoms with Crippen LogP contribution in [0.15, 0.2) is 30.3 Å². The van der Waals surface area contributed by atoms with Crippen LogP contribution in [0.2, 0.25) is 0 Å². The third-order valence-corrected chi connectivity index (χ3v) is 3.24. The maximum absolute atomic E-state index is 5.66. The normalized spacial score (nSPS) is 15.4. The van der Waals surface area contributed by atoms with Gasteiger partial charge >= 0.3 is 0 Å². The lowest BCUT2D eigenvalue weighted by atomic mass is 10.1. The molecule has 4 heteroatoms. The molecule has 0 amide bonds. The fraction of sp³-hybridized carbons (Fsp3) is 0.308. The first-order valence-electron chi connectivity index (χ1n) is 6.00. The molecule has 3 rings (SSSR count). The first kappa shape index (κ1) is 10.2. The lowest BCUT2D eigenvalue weighted by Crippen LogP contribution is -2.18. The summed E-state index contributed by atoms with van der Waals surface area (Å²) in [6, 6.07) is 10.3. The van der Waals surface area contributed by atoms with Crippen LogP contribution in [0.4, 0.5) is 11.5 Å². The summed E-state index contributed by atoms with van der Waals surface area (Å²) in [7, 11) is 0. The van der Waals surface area contributed by atoms with Crippen molar-refractivity contribution in [3.05, 3.63) is 30.3 Å². The molecule has 0 atom stereocenters. The molecule has 0 bridgehead atoms. The average molecular weight is 228 g/mol. The molecule has 0 radical (unpaired) electrons. The predicted octanol–water partition coefficient (Wildman–Crippen LogP) is 2.26. The molecule has 3 N–H and O–H groups in total. The van der Waals surface area contributed by atoms with E-state index in [0.29, 0.717) is 5.82 Å². The number of nitrogens with zero attached hydrogens (tertiary/aromatic N) is 2. The first-order valence-corrected chi connectivity index (χ1v) is 6.00. The highest BCUT2D eigenvalue weighted by Crippen LogP contribution is 2.32. The average Bonchev–Trinajstić information content (AvgIpc) is 3.00. The summed E-state index contributed by atoms with van der Waals surface area (Å²) < 4.78 is 0. The summed E-state index contributed by atoms with van der Waals surface area (Å²) in [5, 5.41) is 6.98. The lowest BCUT2D eigenvalue weighted by molar-refractivity contribution is 0.949. The number of benzene rings is 1. The summed E-state index contributed by atoms with van der Waals surface area (Å²) in [5.41, 5.74) is 9.11. The maximum Gasteiger partial charge on any atom is 0.145 e. The van der Waals surface area contributed by atoms with Gasteiger partial charge in [0.1, 0.15) is 5.82 Å². The molecule has 2 heterocycles. The second-order valence-corrected chi connectivity index (χ2v) is 4.42. The summed E-state index contributed by atoms with van der Waals surface area (Å²) in [6.07, 6.45) is 2.55. The molecule has 88 valence electrons. The Morgan fingerprint density at radius 1 is 1.18 bits per heavy atom. The Labute approximate surface area is 100 Å². The van der Waals surface area contributed by atoms with Crippen LogP contribution in [0.25, 0.3) is 11.3 Å². The van der Waals surface area contributed by atoms with Crippen LogP contribution in [0.5, 0.6) is 0 Å². The van der Waals surface area contributed by atoms with Gasteiger partial charge in [0.05, 0.1) is 5.69 Å². The summed E-state index contributed by atoms with van der Waals surface area (Å²) >= 11 is 0. The number of nitrogens with two attached hydrogens (primary N) is 1. The second-order valence-electron chi connectivity index (χ2n) is 4.42. The fourth-order valence-electron chi connectivity index (χ4n) is 2.41. The summed E-state index contributed by atoms with van der Waals surface area (Å²) in [5.74, 6) is 0.538. The molecule has 1 fully saturated rings. The van der Waals surface area contributed by atoms with E-state index in [1.165, 1.54) is 24.1 Å². The van der Waals surface area contributed by atoms with E-state index in [2.05, 4.69) is 33.3 Å². The van der Waals surface area contributed by atoms with Crippen LogP contribution >= 0.6 is 0 Å². The zero-order valence-electron chi connectivity index (χ0n) is 9.69. The van der Waals surface area contributed by atoms with Gasteiger partial charge in [0, 0.05) is 30.4 Å². The van der Waals surface area contributed by atoms with Gasteiger partial charge in [0.2, 0.25) is 0 Å². The minimum atomic E-state index is 0.538. The van der Waals surface area contributed by atoms with Crippen molar-refractivity contribution in [1.82, 2.24) is 10.2 Å². The highest BCUT2D eigenvalue weighted by Gasteiger charge is 2.16. The molecule has 1 aliphatic rings. The Bertz CT molecular complexity index is 512. The van der Waals surface area contributed by atoms with Crippen molar-refractivity contribution in [3.8, 4) is 11.3 Å². The van der Waals surface area contributed by atoms with Crippen LogP contribution in [0, 0.1) is 0 Å². The van der Waals surface area contributed by atoms with Gasteiger partial charge in [-0.1, -0.05) is 18.2 Å². The molecule has 2 aromatic rings. The van der Waals surface area contributed by atoms with Gasteiger partial charge in [-0.05, 0) is 18.9 Å². The zero-order valence-corrected chi connectivity index (χ0v) is 9.69. The van der Waals surface area contributed by atoms with Gasteiger partial charge in [-0.15, -0.1) is 0 Å². The number of anilines is 2. The molecule has 0 unspecified atom stereocenters. The Hall–Kier alpha value is -1.97. The highest BCUT2D eigenvalue weighted by molar-refractivity contribution is 5.77. The molecule has 17 heavy (non-hydrogen) atoms. The number of nitrogen functional groups attached to an aromatic ring is 1. The number of hydrogen-bond donors (Lipinski definition) is 2. The highest BCUT2D eigenvalue weighted by atomic mass is 15.2. The summed E-state index contributed by atoms with van der Waals surface area (Å²) in [4.78, 5) is 2.42. The number of aromatic nitrogens is 2. The van der Waals surface area contributed by atoms with E-state index in [0.717, 1.165) is 18.8 Å². The Morgan fingerprint density at radius 3 is 2.65 bits per heavy atom. The molecule has 1 aromatic heterocycles. The lowest BCUT2D eigenvalue weighted by Gasteiger charge is -2.20. The maximum atomic E-state index is 5.66. The number of rotatable bonds is 2. The van der Waals surface area contributed by atoms with E-state index in [-0.39, 0.29) is 0 Å². The zero-order chi connectivity index (χ0) is 11.7. The van der Waals surface area contributed by atoms with E-state index >= 15 is 0 Å². The Morgan fingerprint density at radius 2 is 1.94 bits per heavy atom. The van der Waals surface area contributed by atoms with Gasteiger partial charge in [-0.3, -0.25) is 5.10 Å².